The number of aliphatic hydroxyl groups excluding tert-OH is 1. The van der Waals surface area contributed by atoms with Crippen molar-refractivity contribution in [1.82, 2.24) is 9.80 Å². The Morgan fingerprint density at radius 1 is 1.33 bits per heavy atom. The van der Waals surface area contributed by atoms with Gasteiger partial charge in [-0.15, -0.1) is 0 Å². The molecule has 24 heavy (non-hydrogen) atoms. The standard InChI is InChI=1S/C18H22N2O4/c1-19-9-7-18(8-10-19)20(2)17(23)15-11-13(3-5-14(22)12-21)4-6-16(15)24-18/h3-6,11,21H,7-10,12H2,1-2H3/b5-3+. The third-order valence-corrected chi connectivity index (χ3v) is 4.84. The largest absolute Gasteiger partial charge is 0.467 e. The lowest BCUT2D eigenvalue weighted by Crippen LogP contribution is -2.61. The van der Waals surface area contributed by atoms with Gasteiger partial charge in [-0.3, -0.25) is 9.59 Å². The number of ketones is 1. The number of hydrogen-bond donors (Lipinski definition) is 1. The molecule has 2 aliphatic rings. The predicted molar refractivity (Wildman–Crippen MR) is 89.8 cm³/mol. The summed E-state index contributed by atoms with van der Waals surface area (Å²) >= 11 is 0. The normalized spacial score (nSPS) is 20.3. The molecule has 0 unspecified atom stereocenters. The molecule has 1 saturated heterocycles. The molecule has 1 spiro atoms. The van der Waals surface area contributed by atoms with E-state index in [1.807, 2.05) is 0 Å². The van der Waals surface area contributed by atoms with Crippen LogP contribution in [0.3, 0.4) is 0 Å². The van der Waals surface area contributed by atoms with Crippen molar-refractivity contribution in [2.45, 2.75) is 18.6 Å². The minimum absolute atomic E-state index is 0.0652. The van der Waals surface area contributed by atoms with Crippen LogP contribution in [-0.4, -0.2) is 66.1 Å². The number of nitrogens with zero attached hydrogens (tertiary/aromatic N) is 2. The van der Waals surface area contributed by atoms with Crippen LogP contribution in [0.25, 0.3) is 6.08 Å². The molecular weight excluding hydrogens is 308 g/mol. The van der Waals surface area contributed by atoms with E-state index >= 15 is 0 Å². The third-order valence-electron chi connectivity index (χ3n) is 4.84. The highest BCUT2D eigenvalue weighted by atomic mass is 16.5. The highest BCUT2D eigenvalue weighted by molar-refractivity contribution is 5.99. The summed E-state index contributed by atoms with van der Waals surface area (Å²) in [5.41, 5.74) is 0.654. The predicted octanol–water partition coefficient (Wildman–Crippen LogP) is 1.15. The van der Waals surface area contributed by atoms with Gasteiger partial charge in [0.15, 0.2) is 11.5 Å². The molecule has 0 atom stereocenters. The Bertz CT molecular complexity index is 690. The van der Waals surface area contributed by atoms with Gasteiger partial charge in [-0.25, -0.2) is 0 Å². The number of amides is 1. The minimum Gasteiger partial charge on any atom is -0.467 e. The van der Waals surface area contributed by atoms with E-state index in [0.29, 0.717) is 11.3 Å². The van der Waals surface area contributed by atoms with Gasteiger partial charge >= 0.3 is 0 Å². The Kier molecular flexibility index (Phi) is 4.43. The van der Waals surface area contributed by atoms with Gasteiger partial charge in [0.1, 0.15) is 12.4 Å². The van der Waals surface area contributed by atoms with E-state index in [4.69, 9.17) is 9.84 Å². The first-order valence-corrected chi connectivity index (χ1v) is 8.07. The molecule has 6 heteroatoms. The van der Waals surface area contributed by atoms with Crippen LogP contribution < -0.4 is 4.74 Å². The summed E-state index contributed by atoms with van der Waals surface area (Å²) in [6.45, 7) is 1.25. The maximum Gasteiger partial charge on any atom is 0.260 e. The molecule has 1 amide bonds. The number of benzene rings is 1. The Labute approximate surface area is 141 Å². The minimum atomic E-state index is -0.569. The fourth-order valence-corrected chi connectivity index (χ4v) is 3.19. The molecule has 0 bridgehead atoms. The van der Waals surface area contributed by atoms with Crippen LogP contribution in [0.4, 0.5) is 0 Å². The van der Waals surface area contributed by atoms with Crippen molar-refractivity contribution in [2.24, 2.45) is 0 Å². The summed E-state index contributed by atoms with van der Waals surface area (Å²) in [5.74, 6) is 0.149. The molecule has 6 nitrogen and oxygen atoms in total. The molecule has 0 aliphatic carbocycles. The van der Waals surface area contributed by atoms with E-state index in [2.05, 4.69) is 11.9 Å². The smallest absolute Gasteiger partial charge is 0.260 e. The first kappa shape index (κ1) is 16.7. The van der Waals surface area contributed by atoms with Gasteiger partial charge in [0, 0.05) is 33.0 Å². The Balaban J connectivity index is 1.89. The number of fused-ring (bicyclic) bond motifs is 1. The summed E-state index contributed by atoms with van der Waals surface area (Å²) in [7, 11) is 3.85. The average Bonchev–Trinajstić information content (AvgIpc) is 2.60. The van der Waals surface area contributed by atoms with Gasteiger partial charge in [-0.2, -0.15) is 0 Å². The second kappa shape index (κ2) is 6.37. The molecule has 128 valence electrons. The van der Waals surface area contributed by atoms with Crippen LogP contribution in [0.2, 0.25) is 0 Å². The van der Waals surface area contributed by atoms with Gasteiger partial charge in [0.25, 0.3) is 5.91 Å². The summed E-state index contributed by atoms with van der Waals surface area (Å²) in [5, 5.41) is 8.76. The maximum absolute atomic E-state index is 12.8. The molecule has 2 aliphatic heterocycles. The van der Waals surface area contributed by atoms with Crippen LogP contribution in [0.5, 0.6) is 5.75 Å². The van der Waals surface area contributed by atoms with Crippen LogP contribution in [0, 0.1) is 0 Å². The van der Waals surface area contributed by atoms with Crippen molar-refractivity contribution in [3.05, 3.63) is 35.4 Å². The molecule has 3 rings (SSSR count). The third kappa shape index (κ3) is 2.95. The average molecular weight is 330 g/mol. The monoisotopic (exact) mass is 330 g/mol. The van der Waals surface area contributed by atoms with E-state index in [1.54, 1.807) is 36.2 Å². The number of carbonyl (C=O) groups excluding carboxylic acids is 2. The van der Waals surface area contributed by atoms with E-state index in [1.165, 1.54) is 6.08 Å². The highest BCUT2D eigenvalue weighted by Gasteiger charge is 2.46. The molecule has 0 saturated carbocycles. The molecule has 2 heterocycles. The quantitative estimate of drug-likeness (QED) is 0.842. The molecule has 1 N–H and O–H groups in total. The molecule has 1 aromatic carbocycles. The van der Waals surface area contributed by atoms with Gasteiger partial charge in [-0.1, -0.05) is 12.1 Å². The van der Waals surface area contributed by atoms with E-state index in [0.717, 1.165) is 31.5 Å². The Morgan fingerprint density at radius 3 is 2.71 bits per heavy atom. The topological polar surface area (TPSA) is 70.1 Å². The second-order valence-corrected chi connectivity index (χ2v) is 6.43. The molecule has 0 radical (unpaired) electrons. The van der Waals surface area contributed by atoms with Crippen molar-refractivity contribution in [1.29, 1.82) is 0 Å². The van der Waals surface area contributed by atoms with Crippen LogP contribution in [-0.2, 0) is 4.79 Å². The molecular formula is C18H22N2O4. The van der Waals surface area contributed by atoms with Gasteiger partial charge in [-0.05, 0) is 30.8 Å². The Hall–Kier alpha value is -2.18. The van der Waals surface area contributed by atoms with Gasteiger partial charge in [0.05, 0.1) is 5.56 Å². The van der Waals surface area contributed by atoms with Crippen LogP contribution >= 0.6 is 0 Å². The lowest BCUT2D eigenvalue weighted by Gasteiger charge is -2.49. The number of hydrogen-bond acceptors (Lipinski definition) is 5. The van der Waals surface area contributed by atoms with Crippen molar-refractivity contribution >= 4 is 17.8 Å². The molecule has 0 aromatic heterocycles. The first-order chi connectivity index (χ1) is 11.4. The van der Waals surface area contributed by atoms with Gasteiger partial charge in [0.2, 0.25) is 0 Å². The van der Waals surface area contributed by atoms with E-state index in [9.17, 15) is 9.59 Å². The summed E-state index contributed by atoms with van der Waals surface area (Å²) in [6.07, 6.45) is 4.44. The zero-order valence-electron chi connectivity index (χ0n) is 14.0. The number of piperidine rings is 1. The number of rotatable bonds is 3. The second-order valence-electron chi connectivity index (χ2n) is 6.43. The number of ether oxygens (including phenoxy) is 1. The van der Waals surface area contributed by atoms with Crippen molar-refractivity contribution in [3.8, 4) is 5.75 Å². The highest BCUT2D eigenvalue weighted by Crippen LogP contribution is 2.38. The fourth-order valence-electron chi connectivity index (χ4n) is 3.19. The Morgan fingerprint density at radius 2 is 2.04 bits per heavy atom. The molecule has 1 fully saturated rings. The summed E-state index contributed by atoms with van der Waals surface area (Å²) < 4.78 is 6.24. The van der Waals surface area contributed by atoms with Crippen molar-refractivity contribution in [3.63, 3.8) is 0 Å². The number of carbonyl (C=O) groups is 2. The summed E-state index contributed by atoms with van der Waals surface area (Å²) in [4.78, 5) is 27.9. The van der Waals surface area contributed by atoms with Crippen LogP contribution in [0.15, 0.2) is 24.3 Å². The number of aliphatic hydroxyl groups is 1. The van der Waals surface area contributed by atoms with E-state index < -0.39 is 12.3 Å². The van der Waals surface area contributed by atoms with Gasteiger partial charge < -0.3 is 19.6 Å². The van der Waals surface area contributed by atoms with Crippen molar-refractivity contribution in [2.75, 3.05) is 33.8 Å². The van der Waals surface area contributed by atoms with Crippen LogP contribution in [0.1, 0.15) is 28.8 Å². The zero-order valence-corrected chi connectivity index (χ0v) is 14.0. The fraction of sp³-hybridized carbons (Fsp3) is 0.444. The van der Waals surface area contributed by atoms with E-state index in [-0.39, 0.29) is 11.7 Å². The maximum atomic E-state index is 12.8. The first-order valence-electron chi connectivity index (χ1n) is 8.07. The van der Waals surface area contributed by atoms with Crippen molar-refractivity contribution < 1.29 is 19.4 Å². The SMILES string of the molecule is CN1CCC2(CC1)Oc1ccc(/C=C/C(=O)CO)cc1C(=O)N2C. The lowest BCUT2D eigenvalue weighted by molar-refractivity contribution is -0.117. The summed E-state index contributed by atoms with van der Waals surface area (Å²) in [6, 6.07) is 5.31. The molecule has 1 aromatic rings. The number of likely N-dealkylation sites (tertiary alicyclic amines) is 1. The lowest BCUT2D eigenvalue weighted by atomic mass is 9.95. The zero-order chi connectivity index (χ0) is 17.3.